The number of halogens is 2. The Morgan fingerprint density at radius 3 is 2.90 bits per heavy atom. The smallest absolute Gasteiger partial charge is 0.116 e. The van der Waals surface area contributed by atoms with Crippen molar-refractivity contribution in [2.45, 2.75) is 76.4 Å². The number of hydrogen-bond acceptors (Lipinski definition) is 2. The van der Waals surface area contributed by atoms with Crippen molar-refractivity contribution in [3.8, 4) is 0 Å². The van der Waals surface area contributed by atoms with E-state index in [1.807, 2.05) is 0 Å². The first-order valence-electron chi connectivity index (χ1n) is 7.94. The van der Waals surface area contributed by atoms with Crippen LogP contribution in [-0.4, -0.2) is 37.6 Å². The van der Waals surface area contributed by atoms with Gasteiger partial charge >= 0.3 is 0 Å². The molecule has 2 aliphatic carbocycles. The summed E-state index contributed by atoms with van der Waals surface area (Å²) >= 11 is 0. The molecule has 4 atom stereocenters. The van der Waals surface area contributed by atoms with Gasteiger partial charge in [-0.15, -0.1) is 0 Å². The van der Waals surface area contributed by atoms with Crippen molar-refractivity contribution in [1.29, 1.82) is 0 Å². The Morgan fingerprint density at radius 2 is 2.15 bits per heavy atom. The molecule has 0 bridgehead atoms. The molecule has 4 heteroatoms. The van der Waals surface area contributed by atoms with Crippen LogP contribution in [0.4, 0.5) is 8.78 Å². The maximum absolute atomic E-state index is 13.6. The van der Waals surface area contributed by atoms with Crippen molar-refractivity contribution in [2.24, 2.45) is 0 Å². The van der Waals surface area contributed by atoms with Gasteiger partial charge in [-0.3, -0.25) is 0 Å². The molecule has 1 saturated carbocycles. The van der Waals surface area contributed by atoms with Crippen LogP contribution < -0.4 is 5.32 Å². The monoisotopic (exact) mass is 287 g/mol. The van der Waals surface area contributed by atoms with Crippen molar-refractivity contribution < 1.29 is 13.5 Å². The van der Waals surface area contributed by atoms with Gasteiger partial charge in [-0.2, -0.15) is 0 Å². The Morgan fingerprint density at radius 1 is 1.30 bits per heavy atom. The number of allylic oxidation sites excluding steroid dienone is 1. The molecule has 0 spiro atoms. The van der Waals surface area contributed by atoms with E-state index in [-0.39, 0.29) is 6.04 Å². The second-order valence-corrected chi connectivity index (χ2v) is 6.16. The first kappa shape index (κ1) is 15.9. The quantitative estimate of drug-likeness (QED) is 0.594. The summed E-state index contributed by atoms with van der Waals surface area (Å²) in [6, 6.07) is -0.306. The minimum absolute atomic E-state index is 0.306. The Bertz CT molecular complexity index is 322. The lowest BCUT2D eigenvalue weighted by atomic mass is 9.92. The Labute approximate surface area is 121 Å². The fourth-order valence-electron chi connectivity index (χ4n) is 3.00. The molecule has 0 amide bonds. The van der Waals surface area contributed by atoms with Crippen LogP contribution in [-0.2, 0) is 4.74 Å². The lowest BCUT2D eigenvalue weighted by Crippen LogP contribution is -2.43. The normalized spacial score (nSPS) is 34.9. The molecule has 0 aromatic rings. The fraction of sp³-hybridized carbons (Fsp3) is 0.875. The summed E-state index contributed by atoms with van der Waals surface area (Å²) in [4.78, 5) is 0. The van der Waals surface area contributed by atoms with Gasteiger partial charge in [-0.25, -0.2) is 8.78 Å². The van der Waals surface area contributed by atoms with E-state index in [9.17, 15) is 8.78 Å². The lowest BCUT2D eigenvalue weighted by Gasteiger charge is -2.29. The Hall–Kier alpha value is -0.480. The molecular weight excluding hydrogens is 260 g/mol. The van der Waals surface area contributed by atoms with E-state index < -0.39 is 12.3 Å². The molecule has 20 heavy (non-hydrogen) atoms. The van der Waals surface area contributed by atoms with Gasteiger partial charge in [0, 0.05) is 12.6 Å². The predicted molar refractivity (Wildman–Crippen MR) is 77.4 cm³/mol. The average Bonchev–Trinajstić information content (AvgIpc) is 2.44. The highest BCUT2D eigenvalue weighted by Crippen LogP contribution is 2.24. The summed E-state index contributed by atoms with van der Waals surface area (Å²) in [6.45, 7) is 3.57. The van der Waals surface area contributed by atoms with Crippen molar-refractivity contribution in [3.05, 3.63) is 11.6 Å². The van der Waals surface area contributed by atoms with Gasteiger partial charge in [0.25, 0.3) is 0 Å². The van der Waals surface area contributed by atoms with E-state index in [1.165, 1.54) is 5.57 Å². The summed E-state index contributed by atoms with van der Waals surface area (Å²) in [7, 11) is 0. The zero-order valence-corrected chi connectivity index (χ0v) is 12.4. The molecule has 0 radical (unpaired) electrons. The minimum Gasteiger partial charge on any atom is -0.378 e. The number of nitrogens with one attached hydrogen (secondary N) is 1. The molecular formula is C16H27F2NO. The standard InChI is InChI=1S/C16H27F2NO/c1-12-3-6-14(7-4-12)20-10-2-9-19-16-11-13(17)5-8-15(16)18/h3,13-16,19H,2,4-11H2,1H3. The van der Waals surface area contributed by atoms with E-state index in [4.69, 9.17) is 4.74 Å². The summed E-state index contributed by atoms with van der Waals surface area (Å²) in [5.41, 5.74) is 1.46. The van der Waals surface area contributed by atoms with Gasteiger partial charge in [0.05, 0.1) is 6.10 Å². The molecule has 0 aromatic carbocycles. The van der Waals surface area contributed by atoms with Crippen molar-refractivity contribution in [2.75, 3.05) is 13.2 Å². The molecule has 2 aliphatic rings. The Kier molecular flexibility index (Phi) is 6.43. The van der Waals surface area contributed by atoms with Crippen LogP contribution in [0.15, 0.2) is 11.6 Å². The van der Waals surface area contributed by atoms with Crippen molar-refractivity contribution in [3.63, 3.8) is 0 Å². The van der Waals surface area contributed by atoms with Crippen molar-refractivity contribution >= 4 is 0 Å². The van der Waals surface area contributed by atoms with Crippen LogP contribution in [0.25, 0.3) is 0 Å². The van der Waals surface area contributed by atoms with Gasteiger partial charge in [0.2, 0.25) is 0 Å². The molecule has 0 aliphatic heterocycles. The summed E-state index contributed by atoms with van der Waals surface area (Å²) in [6.07, 6.45) is 6.01. The first-order chi connectivity index (χ1) is 9.65. The molecule has 2 nitrogen and oxygen atoms in total. The van der Waals surface area contributed by atoms with Gasteiger partial charge in [0.1, 0.15) is 12.3 Å². The summed E-state index contributed by atoms with van der Waals surface area (Å²) < 4.78 is 32.6. The Balaban J connectivity index is 1.53. The SMILES string of the molecule is CC1=CCC(OCCCNC2CC(F)CCC2F)CC1. The zero-order chi connectivity index (χ0) is 14.4. The number of ether oxygens (including phenoxy) is 1. The topological polar surface area (TPSA) is 21.3 Å². The highest BCUT2D eigenvalue weighted by Gasteiger charge is 2.29. The highest BCUT2D eigenvalue weighted by molar-refractivity contribution is 5.03. The second-order valence-electron chi connectivity index (χ2n) is 6.16. The third-order valence-corrected chi connectivity index (χ3v) is 4.37. The van der Waals surface area contributed by atoms with Gasteiger partial charge in [0.15, 0.2) is 0 Å². The molecule has 0 aromatic heterocycles. The van der Waals surface area contributed by atoms with E-state index in [2.05, 4.69) is 18.3 Å². The maximum atomic E-state index is 13.6. The highest BCUT2D eigenvalue weighted by atomic mass is 19.1. The third-order valence-electron chi connectivity index (χ3n) is 4.37. The maximum Gasteiger partial charge on any atom is 0.116 e. The third kappa shape index (κ3) is 5.13. The number of rotatable bonds is 6. The fourth-order valence-corrected chi connectivity index (χ4v) is 3.00. The van der Waals surface area contributed by atoms with Crippen LogP contribution in [0, 0.1) is 0 Å². The summed E-state index contributed by atoms with van der Waals surface area (Å²) in [5, 5.41) is 3.14. The summed E-state index contributed by atoms with van der Waals surface area (Å²) in [5.74, 6) is 0. The van der Waals surface area contributed by atoms with Gasteiger partial charge in [-0.1, -0.05) is 11.6 Å². The van der Waals surface area contributed by atoms with E-state index in [1.54, 1.807) is 0 Å². The van der Waals surface area contributed by atoms with Crippen molar-refractivity contribution in [1.82, 2.24) is 5.32 Å². The molecule has 0 heterocycles. The largest absolute Gasteiger partial charge is 0.378 e. The van der Waals surface area contributed by atoms with E-state index in [0.29, 0.717) is 38.5 Å². The molecule has 0 saturated heterocycles. The predicted octanol–water partition coefficient (Wildman–Crippen LogP) is 3.71. The molecule has 4 unspecified atom stereocenters. The van der Waals surface area contributed by atoms with Crippen LogP contribution in [0.1, 0.15) is 51.9 Å². The number of alkyl halides is 2. The molecule has 1 fully saturated rings. The first-order valence-corrected chi connectivity index (χ1v) is 7.94. The second kappa shape index (κ2) is 8.08. The lowest BCUT2D eigenvalue weighted by molar-refractivity contribution is 0.0436. The van der Waals surface area contributed by atoms with Gasteiger partial charge in [-0.05, 0) is 58.4 Å². The van der Waals surface area contributed by atoms with E-state index in [0.717, 1.165) is 25.7 Å². The minimum atomic E-state index is -0.894. The zero-order valence-electron chi connectivity index (χ0n) is 12.4. The molecule has 116 valence electrons. The van der Waals surface area contributed by atoms with Crippen LogP contribution in [0.5, 0.6) is 0 Å². The number of hydrogen-bond donors (Lipinski definition) is 1. The van der Waals surface area contributed by atoms with Crippen LogP contribution in [0.2, 0.25) is 0 Å². The van der Waals surface area contributed by atoms with Crippen LogP contribution in [0.3, 0.4) is 0 Å². The molecule has 1 N–H and O–H groups in total. The van der Waals surface area contributed by atoms with E-state index >= 15 is 0 Å². The van der Waals surface area contributed by atoms with Crippen LogP contribution >= 0.6 is 0 Å². The van der Waals surface area contributed by atoms with Gasteiger partial charge < -0.3 is 10.1 Å². The average molecular weight is 287 g/mol. The molecule has 2 rings (SSSR count).